The Labute approximate surface area is 42.3 Å². The van der Waals surface area contributed by atoms with Gasteiger partial charge in [0.25, 0.3) is 0 Å². The van der Waals surface area contributed by atoms with Crippen LogP contribution in [0.2, 0.25) is 0 Å². The molecule has 2 heteroatoms. The third-order valence-corrected chi connectivity index (χ3v) is 0.320. The van der Waals surface area contributed by atoms with Gasteiger partial charge in [0, 0.05) is 0 Å². The number of alkyl halides is 1. The van der Waals surface area contributed by atoms with E-state index in [2.05, 4.69) is 0 Å². The molecule has 1 nitrogen and oxygen atoms in total. The van der Waals surface area contributed by atoms with Crippen LogP contribution in [0, 0.1) is 0 Å². The molecule has 0 heterocycles. The van der Waals surface area contributed by atoms with E-state index >= 15 is 0 Å². The summed E-state index contributed by atoms with van der Waals surface area (Å²) in [4.78, 5) is 8.78. The van der Waals surface area contributed by atoms with E-state index in [0.29, 0.717) is 0 Å². The van der Waals surface area contributed by atoms with Gasteiger partial charge in [-0.2, -0.15) is 0 Å². The normalized spacial score (nSPS) is 11.2. The van der Waals surface area contributed by atoms with Gasteiger partial charge >= 0.3 is 0 Å². The van der Waals surface area contributed by atoms with Gasteiger partial charge in [-0.05, 0) is 13.8 Å². The molecule has 0 aromatic heterocycles. The monoisotopic (exact) mass is 105 g/mol. The van der Waals surface area contributed by atoms with Crippen LogP contribution >= 0.6 is 11.6 Å². The summed E-state index contributed by atoms with van der Waals surface area (Å²) in [6, 6.07) is 0. The minimum atomic E-state index is -0.792. The van der Waals surface area contributed by atoms with Gasteiger partial charge in [-0.3, -0.25) is 4.79 Å². The van der Waals surface area contributed by atoms with Crippen molar-refractivity contribution in [3.8, 4) is 0 Å². The fraction of sp³-hybridized carbons (Fsp3) is 0.750. The molecule has 0 bridgehead atoms. The first-order valence-electron chi connectivity index (χ1n) is 1.64. The van der Waals surface area contributed by atoms with Crippen LogP contribution in [-0.2, 0) is 4.79 Å². The van der Waals surface area contributed by atoms with E-state index in [4.69, 9.17) is 11.6 Å². The highest BCUT2D eigenvalue weighted by atomic mass is 35.5. The van der Waals surface area contributed by atoms with Crippen molar-refractivity contribution in [1.82, 2.24) is 0 Å². The quantitative estimate of drug-likeness (QED) is 0.457. The van der Waals surface area contributed by atoms with Crippen molar-refractivity contribution >= 4 is 17.9 Å². The highest BCUT2D eigenvalue weighted by Gasteiger charge is 2.10. The van der Waals surface area contributed by atoms with Crippen molar-refractivity contribution in [2.75, 3.05) is 0 Å². The van der Waals surface area contributed by atoms with Crippen LogP contribution in [-0.4, -0.2) is 11.2 Å². The SMILES string of the molecule is CC(C)(Cl)[C]=O. The largest absolute Gasteiger partial charge is 0.289 e. The fourth-order valence-corrected chi connectivity index (χ4v) is 0. The highest BCUT2D eigenvalue weighted by Crippen LogP contribution is 2.05. The maximum atomic E-state index is 9.57. The van der Waals surface area contributed by atoms with E-state index in [1.807, 2.05) is 0 Å². The summed E-state index contributed by atoms with van der Waals surface area (Å²) in [5.74, 6) is 0. The van der Waals surface area contributed by atoms with E-state index in [0.717, 1.165) is 0 Å². The van der Waals surface area contributed by atoms with Gasteiger partial charge in [0.05, 0.1) is 0 Å². The molecule has 0 unspecified atom stereocenters. The Balaban J connectivity index is 3.45. The van der Waals surface area contributed by atoms with Crippen LogP contribution in [0.5, 0.6) is 0 Å². The molecule has 0 fully saturated rings. The van der Waals surface area contributed by atoms with Crippen molar-refractivity contribution in [1.29, 1.82) is 0 Å². The summed E-state index contributed by atoms with van der Waals surface area (Å²) < 4.78 is 0. The first-order valence-corrected chi connectivity index (χ1v) is 2.02. The molecular formula is C4H6ClO. The zero-order chi connectivity index (χ0) is 5.21. The lowest BCUT2D eigenvalue weighted by Crippen LogP contribution is -2.09. The van der Waals surface area contributed by atoms with Gasteiger partial charge in [0.15, 0.2) is 0 Å². The lowest BCUT2D eigenvalue weighted by molar-refractivity contribution is 0.541. The molecule has 0 atom stereocenters. The minimum Gasteiger partial charge on any atom is -0.289 e. The number of rotatable bonds is 1. The molecule has 35 valence electrons. The smallest absolute Gasteiger partial charge is 0.220 e. The third kappa shape index (κ3) is 3.96. The Kier molecular flexibility index (Phi) is 1.59. The van der Waals surface area contributed by atoms with E-state index < -0.39 is 4.87 Å². The Morgan fingerprint density at radius 1 is 1.67 bits per heavy atom. The second kappa shape index (κ2) is 1.61. The average Bonchev–Trinajstić information content (AvgIpc) is 1.35. The highest BCUT2D eigenvalue weighted by molar-refractivity contribution is 6.30. The first-order chi connectivity index (χ1) is 2.56. The van der Waals surface area contributed by atoms with Gasteiger partial charge in [-0.25, -0.2) is 0 Å². The van der Waals surface area contributed by atoms with Gasteiger partial charge < -0.3 is 0 Å². The van der Waals surface area contributed by atoms with Crippen molar-refractivity contribution < 1.29 is 4.79 Å². The van der Waals surface area contributed by atoms with Crippen LogP contribution in [0.1, 0.15) is 13.8 Å². The van der Waals surface area contributed by atoms with Gasteiger partial charge in [0.1, 0.15) is 4.87 Å². The minimum absolute atomic E-state index is 0.792. The summed E-state index contributed by atoms with van der Waals surface area (Å²) in [6.45, 7) is 3.17. The van der Waals surface area contributed by atoms with Crippen LogP contribution < -0.4 is 0 Å². The molecule has 1 radical (unpaired) electrons. The van der Waals surface area contributed by atoms with Crippen molar-refractivity contribution in [3.05, 3.63) is 0 Å². The van der Waals surface area contributed by atoms with Gasteiger partial charge in [0.2, 0.25) is 6.29 Å². The molecule has 0 aromatic carbocycles. The predicted molar refractivity (Wildman–Crippen MR) is 25.6 cm³/mol. The number of halogens is 1. The summed E-state index contributed by atoms with van der Waals surface area (Å²) in [7, 11) is 0. The predicted octanol–water partition coefficient (Wildman–Crippen LogP) is 1.11. The summed E-state index contributed by atoms with van der Waals surface area (Å²) >= 11 is 5.29. The standard InChI is InChI=1S/C4H6ClO/c1-4(2,5)3-6/h1-2H3. The summed E-state index contributed by atoms with van der Waals surface area (Å²) in [5.41, 5.74) is 0. The Hall–Kier alpha value is -0.0400. The maximum absolute atomic E-state index is 9.57. The van der Waals surface area contributed by atoms with E-state index in [1.54, 1.807) is 20.1 Å². The van der Waals surface area contributed by atoms with Crippen molar-refractivity contribution in [3.63, 3.8) is 0 Å². The van der Waals surface area contributed by atoms with E-state index in [1.165, 1.54) is 0 Å². The van der Waals surface area contributed by atoms with Crippen molar-refractivity contribution in [2.24, 2.45) is 0 Å². The lowest BCUT2D eigenvalue weighted by Gasteiger charge is -1.98. The third-order valence-electron chi connectivity index (χ3n) is 0.243. The molecule has 0 amide bonds. The molecule has 6 heavy (non-hydrogen) atoms. The molecule has 0 aromatic rings. The molecule has 0 spiro atoms. The van der Waals surface area contributed by atoms with Crippen LogP contribution in [0.3, 0.4) is 0 Å². The molecule has 0 saturated carbocycles. The number of hydrogen-bond acceptors (Lipinski definition) is 1. The van der Waals surface area contributed by atoms with Crippen LogP contribution in [0.25, 0.3) is 0 Å². The lowest BCUT2D eigenvalue weighted by atomic mass is 10.2. The molecule has 0 rings (SSSR count). The average molecular weight is 106 g/mol. The first kappa shape index (κ1) is 5.96. The molecule has 0 saturated heterocycles. The van der Waals surface area contributed by atoms with E-state index in [-0.39, 0.29) is 0 Å². The molecule has 0 N–H and O–H groups in total. The Morgan fingerprint density at radius 3 is 1.83 bits per heavy atom. The fourth-order valence-electron chi connectivity index (χ4n) is 0. The molecule has 0 aliphatic heterocycles. The maximum Gasteiger partial charge on any atom is 0.220 e. The summed E-state index contributed by atoms with van der Waals surface area (Å²) in [6.07, 6.45) is 1.62. The second-order valence-electron chi connectivity index (χ2n) is 1.57. The zero-order valence-corrected chi connectivity index (χ0v) is 4.54. The molecule has 0 aliphatic rings. The topological polar surface area (TPSA) is 17.1 Å². The van der Waals surface area contributed by atoms with Crippen LogP contribution in [0.4, 0.5) is 0 Å². The number of carbonyl (C=O) groups excluding carboxylic acids is 1. The molecule has 0 aliphatic carbocycles. The van der Waals surface area contributed by atoms with Crippen molar-refractivity contribution in [2.45, 2.75) is 18.7 Å². The summed E-state index contributed by atoms with van der Waals surface area (Å²) in [5, 5.41) is 0. The Morgan fingerprint density at radius 2 is 1.83 bits per heavy atom. The second-order valence-corrected chi connectivity index (χ2v) is 2.52. The Bertz CT molecular complexity index is 53.1. The van der Waals surface area contributed by atoms with Gasteiger partial charge in [-0.1, -0.05) is 0 Å². The van der Waals surface area contributed by atoms with Crippen LogP contribution in [0.15, 0.2) is 0 Å². The number of hydrogen-bond donors (Lipinski definition) is 0. The van der Waals surface area contributed by atoms with E-state index in [9.17, 15) is 4.79 Å². The molecular weight excluding hydrogens is 99.5 g/mol. The zero-order valence-electron chi connectivity index (χ0n) is 3.79. The van der Waals surface area contributed by atoms with Gasteiger partial charge in [-0.15, -0.1) is 11.6 Å².